The van der Waals surface area contributed by atoms with Crippen molar-refractivity contribution in [1.29, 1.82) is 0 Å². The molecule has 0 spiro atoms. The zero-order valence-corrected chi connectivity index (χ0v) is 10.0. The van der Waals surface area contributed by atoms with Crippen molar-refractivity contribution in [1.82, 2.24) is 0 Å². The van der Waals surface area contributed by atoms with Crippen LogP contribution in [0.4, 0.5) is 0 Å². The van der Waals surface area contributed by atoms with Gasteiger partial charge in [0.25, 0.3) is 0 Å². The smallest absolute Gasteiger partial charge is 0.0248 e. The topological polar surface area (TPSA) is 0 Å². The molecule has 1 heteroatoms. The quantitative estimate of drug-likeness (QED) is 0.697. The Bertz CT molecular complexity index is 401. The van der Waals surface area contributed by atoms with Crippen molar-refractivity contribution in [2.75, 3.05) is 0 Å². The van der Waals surface area contributed by atoms with Gasteiger partial charge in [0.1, 0.15) is 0 Å². The van der Waals surface area contributed by atoms with E-state index in [1.165, 1.54) is 21.2 Å². The molecule has 72 valence electrons. The predicted octanol–water partition coefficient (Wildman–Crippen LogP) is 4.28. The molecule has 0 radical (unpaired) electrons. The van der Waals surface area contributed by atoms with Gasteiger partial charge in [0.2, 0.25) is 0 Å². The summed E-state index contributed by atoms with van der Waals surface area (Å²) in [6.45, 7) is 4.30. The maximum Gasteiger partial charge on any atom is 0.0248 e. The zero-order valence-electron chi connectivity index (χ0n) is 8.42. The summed E-state index contributed by atoms with van der Waals surface area (Å²) in [6.07, 6.45) is 8.68. The van der Waals surface area contributed by atoms with E-state index in [2.05, 4.69) is 66.2 Å². The summed E-state index contributed by atoms with van der Waals surface area (Å²) in [5.74, 6) is 0.448. The van der Waals surface area contributed by atoms with Crippen molar-refractivity contribution >= 4 is 15.9 Å². The van der Waals surface area contributed by atoms with E-state index in [0.29, 0.717) is 5.92 Å². The first-order valence-electron chi connectivity index (χ1n) is 4.81. The lowest BCUT2D eigenvalue weighted by molar-refractivity contribution is 1.05. The number of rotatable bonds is 1. The maximum atomic E-state index is 3.67. The van der Waals surface area contributed by atoms with Crippen molar-refractivity contribution in [3.63, 3.8) is 0 Å². The molecule has 0 amide bonds. The summed E-state index contributed by atoms with van der Waals surface area (Å²) < 4.78 is 1.25. The van der Waals surface area contributed by atoms with Crippen molar-refractivity contribution < 1.29 is 0 Å². The molecule has 0 aliphatic heterocycles. The molecule has 1 aromatic carbocycles. The van der Waals surface area contributed by atoms with Gasteiger partial charge < -0.3 is 0 Å². The summed E-state index contributed by atoms with van der Waals surface area (Å²) in [4.78, 5) is 0. The fraction of sp³-hybridized carbons (Fsp3) is 0.231. The zero-order chi connectivity index (χ0) is 10.1. The van der Waals surface area contributed by atoms with Gasteiger partial charge in [-0.05, 0) is 30.5 Å². The van der Waals surface area contributed by atoms with Crippen LogP contribution in [-0.2, 0) is 0 Å². The number of hydrogen-bond acceptors (Lipinski definition) is 0. The molecule has 0 aromatic heterocycles. The number of benzene rings is 1. The van der Waals surface area contributed by atoms with Crippen molar-refractivity contribution in [3.05, 3.63) is 57.6 Å². The summed E-state index contributed by atoms with van der Waals surface area (Å²) in [7, 11) is 0. The highest BCUT2D eigenvalue weighted by molar-refractivity contribution is 9.10. The average molecular weight is 249 g/mol. The summed E-state index contributed by atoms with van der Waals surface area (Å²) in [5.41, 5.74) is 4.05. The molecule has 0 heterocycles. The fourth-order valence-electron chi connectivity index (χ4n) is 1.83. The van der Waals surface area contributed by atoms with E-state index in [1.807, 2.05) is 0 Å². The Labute approximate surface area is 93.5 Å². The SMILES string of the molecule is Cc1ccc(C)c(C2C=CC=C2)c1Br. The van der Waals surface area contributed by atoms with Gasteiger partial charge in [-0.1, -0.05) is 52.4 Å². The summed E-state index contributed by atoms with van der Waals surface area (Å²) in [5, 5.41) is 0. The van der Waals surface area contributed by atoms with Gasteiger partial charge in [-0.15, -0.1) is 0 Å². The van der Waals surface area contributed by atoms with E-state index in [0.717, 1.165) is 0 Å². The minimum Gasteiger partial charge on any atom is -0.0732 e. The van der Waals surface area contributed by atoms with Crippen LogP contribution in [0.1, 0.15) is 22.6 Å². The lowest BCUT2D eigenvalue weighted by Gasteiger charge is -2.14. The second-order valence-electron chi connectivity index (χ2n) is 3.72. The highest BCUT2D eigenvalue weighted by atomic mass is 79.9. The molecule has 1 aliphatic carbocycles. The third kappa shape index (κ3) is 1.57. The minimum atomic E-state index is 0.448. The average Bonchev–Trinajstić information content (AvgIpc) is 2.65. The predicted molar refractivity (Wildman–Crippen MR) is 64.6 cm³/mol. The number of aryl methyl sites for hydroxylation is 2. The van der Waals surface area contributed by atoms with Crippen molar-refractivity contribution in [2.24, 2.45) is 0 Å². The van der Waals surface area contributed by atoms with E-state index < -0.39 is 0 Å². The second kappa shape index (κ2) is 3.74. The first-order valence-corrected chi connectivity index (χ1v) is 5.60. The molecule has 0 unspecified atom stereocenters. The van der Waals surface area contributed by atoms with E-state index in [9.17, 15) is 0 Å². The van der Waals surface area contributed by atoms with Gasteiger partial charge in [-0.3, -0.25) is 0 Å². The Morgan fingerprint density at radius 3 is 2.21 bits per heavy atom. The van der Waals surface area contributed by atoms with Crippen LogP contribution in [-0.4, -0.2) is 0 Å². The Morgan fingerprint density at radius 2 is 1.57 bits per heavy atom. The molecule has 0 N–H and O–H groups in total. The maximum absolute atomic E-state index is 3.67. The summed E-state index contributed by atoms with van der Waals surface area (Å²) in [6, 6.07) is 4.35. The first kappa shape index (κ1) is 9.72. The van der Waals surface area contributed by atoms with Gasteiger partial charge in [-0.25, -0.2) is 0 Å². The minimum absolute atomic E-state index is 0.448. The van der Waals surface area contributed by atoms with E-state index in [-0.39, 0.29) is 0 Å². The molecule has 0 fully saturated rings. The lowest BCUT2D eigenvalue weighted by atomic mass is 9.94. The number of hydrogen-bond donors (Lipinski definition) is 0. The van der Waals surface area contributed by atoms with Crippen LogP contribution < -0.4 is 0 Å². The molecule has 2 rings (SSSR count). The van der Waals surface area contributed by atoms with Crippen LogP contribution in [0.2, 0.25) is 0 Å². The second-order valence-corrected chi connectivity index (χ2v) is 4.52. The van der Waals surface area contributed by atoms with Gasteiger partial charge in [-0.2, -0.15) is 0 Å². The van der Waals surface area contributed by atoms with E-state index in [1.54, 1.807) is 0 Å². The van der Waals surface area contributed by atoms with Crippen molar-refractivity contribution in [2.45, 2.75) is 19.8 Å². The first-order chi connectivity index (χ1) is 6.70. The highest BCUT2D eigenvalue weighted by Crippen LogP contribution is 2.34. The Balaban J connectivity index is 2.55. The molecule has 14 heavy (non-hydrogen) atoms. The third-order valence-electron chi connectivity index (χ3n) is 2.67. The normalized spacial score (nSPS) is 15.4. The molecule has 0 saturated heterocycles. The Hall–Kier alpha value is -0.820. The van der Waals surface area contributed by atoms with Crippen molar-refractivity contribution in [3.8, 4) is 0 Å². The monoisotopic (exact) mass is 248 g/mol. The van der Waals surface area contributed by atoms with Crippen LogP contribution in [0.5, 0.6) is 0 Å². The molecule has 0 saturated carbocycles. The molecule has 0 atom stereocenters. The molecule has 0 nitrogen and oxygen atoms in total. The summed E-state index contributed by atoms with van der Waals surface area (Å²) >= 11 is 3.67. The van der Waals surface area contributed by atoms with E-state index >= 15 is 0 Å². The Kier molecular flexibility index (Phi) is 2.60. The van der Waals surface area contributed by atoms with Gasteiger partial charge >= 0.3 is 0 Å². The molecule has 0 bridgehead atoms. The third-order valence-corrected chi connectivity index (χ3v) is 3.72. The van der Waals surface area contributed by atoms with E-state index in [4.69, 9.17) is 0 Å². The van der Waals surface area contributed by atoms with Crippen LogP contribution in [0.15, 0.2) is 40.9 Å². The van der Waals surface area contributed by atoms with Gasteiger partial charge in [0, 0.05) is 10.4 Å². The number of allylic oxidation sites excluding steroid dienone is 4. The van der Waals surface area contributed by atoms with Crippen LogP contribution in [0.25, 0.3) is 0 Å². The van der Waals surface area contributed by atoms with Crippen LogP contribution in [0.3, 0.4) is 0 Å². The fourth-order valence-corrected chi connectivity index (χ4v) is 2.54. The molecule has 1 aliphatic rings. The van der Waals surface area contributed by atoms with Gasteiger partial charge in [0.05, 0.1) is 0 Å². The lowest BCUT2D eigenvalue weighted by Crippen LogP contribution is -1.96. The Morgan fingerprint density at radius 1 is 1.00 bits per heavy atom. The highest BCUT2D eigenvalue weighted by Gasteiger charge is 2.14. The largest absolute Gasteiger partial charge is 0.0732 e. The molecular formula is C13H13Br. The van der Waals surface area contributed by atoms with Crippen LogP contribution >= 0.6 is 15.9 Å². The number of halogens is 1. The standard InChI is InChI=1S/C13H13Br/c1-9-7-8-10(2)13(14)12(9)11-5-3-4-6-11/h3-8,11H,1-2H3. The molecular weight excluding hydrogens is 236 g/mol. The van der Waals surface area contributed by atoms with Gasteiger partial charge in [0.15, 0.2) is 0 Å². The molecule has 1 aromatic rings. The van der Waals surface area contributed by atoms with Crippen LogP contribution in [0, 0.1) is 13.8 Å².